The molecule has 0 aliphatic heterocycles. The highest BCUT2D eigenvalue weighted by Crippen LogP contribution is 2.73. The van der Waals surface area contributed by atoms with Crippen molar-refractivity contribution in [3.63, 3.8) is 0 Å². The Morgan fingerprint density at radius 3 is 1.07 bits per heavy atom. The summed E-state index contributed by atoms with van der Waals surface area (Å²) in [6.45, 7) is 0.131. The van der Waals surface area contributed by atoms with Crippen LogP contribution >= 0.6 is 22.1 Å². The van der Waals surface area contributed by atoms with Gasteiger partial charge in [-0.05, 0) is 65.4 Å². The lowest BCUT2D eigenvalue weighted by Gasteiger charge is -2.39. The van der Waals surface area contributed by atoms with Crippen LogP contribution < -0.4 is 26.5 Å². The van der Waals surface area contributed by atoms with Gasteiger partial charge < -0.3 is 0 Å². The minimum Gasteiger partial charge on any atom is -0.0622 e. The van der Waals surface area contributed by atoms with Crippen LogP contribution in [-0.4, -0.2) is 11.2 Å². The fraction of sp³-hybridized carbons (Fsp3) is 0.0513. The highest BCUT2D eigenvalue weighted by molar-refractivity contribution is 8.45. The van der Waals surface area contributed by atoms with Gasteiger partial charge in [0.05, 0.1) is 0 Å². The molecular weight excluding hydrogens is 561 g/mol. The molecule has 0 fully saturated rings. The standard InChI is InChI=1S/C39H35P3/c1-2-40(41(34-23-11-4-12-24-34)35-25-13-5-14-26-35)39(33-21-9-3-10-22-33)42(36-27-15-6-16-28-36,37-29-17-7-18-30-37)38-31-19-8-20-32-38/h3-32H,2H2,1H3. The van der Waals surface area contributed by atoms with Gasteiger partial charge in [0.25, 0.3) is 0 Å². The van der Waals surface area contributed by atoms with Crippen molar-refractivity contribution < 1.29 is 0 Å². The second-order valence-electron chi connectivity index (χ2n) is 10.1. The zero-order valence-electron chi connectivity index (χ0n) is 23.9. The third-order valence-corrected chi connectivity index (χ3v) is 21.5. The maximum Gasteiger partial charge on any atom is -0.00180 e. The van der Waals surface area contributed by atoms with E-state index in [1.54, 1.807) is 5.03 Å². The van der Waals surface area contributed by atoms with E-state index in [9.17, 15) is 0 Å². The van der Waals surface area contributed by atoms with E-state index in [1.165, 1.54) is 32.1 Å². The molecule has 1 unspecified atom stereocenters. The molecule has 0 heterocycles. The van der Waals surface area contributed by atoms with Crippen molar-refractivity contribution in [2.45, 2.75) is 6.92 Å². The normalized spacial score (nSPS) is 12.1. The largest absolute Gasteiger partial charge is 0.0622 e. The minimum absolute atomic E-state index is 0.642. The van der Waals surface area contributed by atoms with Crippen LogP contribution in [0.1, 0.15) is 12.5 Å². The third kappa shape index (κ3) is 5.61. The van der Waals surface area contributed by atoms with Crippen LogP contribution in [0, 0.1) is 0 Å². The summed E-state index contributed by atoms with van der Waals surface area (Å²) in [6, 6.07) is 68.0. The van der Waals surface area contributed by atoms with Gasteiger partial charge in [-0.25, -0.2) is 0 Å². The maximum atomic E-state index is 2.42. The molecule has 0 aliphatic carbocycles. The molecule has 6 rings (SSSR count). The van der Waals surface area contributed by atoms with E-state index in [2.05, 4.69) is 189 Å². The van der Waals surface area contributed by atoms with Gasteiger partial charge in [-0.3, -0.25) is 0 Å². The fourth-order valence-corrected chi connectivity index (χ4v) is 21.9. The van der Waals surface area contributed by atoms with Gasteiger partial charge in [0.1, 0.15) is 0 Å². The highest BCUT2D eigenvalue weighted by Gasteiger charge is 2.37. The van der Waals surface area contributed by atoms with Crippen molar-refractivity contribution in [3.8, 4) is 0 Å². The molecule has 1 atom stereocenters. The molecule has 3 heteroatoms. The van der Waals surface area contributed by atoms with Gasteiger partial charge in [-0.2, -0.15) is 0 Å². The van der Waals surface area contributed by atoms with Crippen LogP contribution in [0.25, 0.3) is 0 Å². The zero-order valence-corrected chi connectivity index (χ0v) is 26.6. The van der Waals surface area contributed by atoms with E-state index < -0.39 is 22.1 Å². The van der Waals surface area contributed by atoms with Gasteiger partial charge in [-0.1, -0.05) is 189 Å². The molecule has 0 spiro atoms. The molecular formula is C39H35P3. The van der Waals surface area contributed by atoms with Gasteiger partial charge >= 0.3 is 0 Å². The Bertz CT molecular complexity index is 1590. The topological polar surface area (TPSA) is 0 Å². The molecule has 206 valence electrons. The van der Waals surface area contributed by atoms with Crippen molar-refractivity contribution in [2.24, 2.45) is 0 Å². The van der Waals surface area contributed by atoms with Crippen molar-refractivity contribution in [3.05, 3.63) is 188 Å². The van der Waals surface area contributed by atoms with Gasteiger partial charge in [0.2, 0.25) is 0 Å². The predicted octanol–water partition coefficient (Wildman–Crippen LogP) is 8.71. The van der Waals surface area contributed by atoms with Crippen LogP contribution in [0.2, 0.25) is 0 Å². The van der Waals surface area contributed by atoms with Crippen LogP contribution in [0.4, 0.5) is 0 Å². The van der Waals surface area contributed by atoms with Gasteiger partial charge in [-0.15, -0.1) is 0 Å². The molecule has 0 saturated heterocycles. The van der Waals surface area contributed by atoms with E-state index in [1.807, 2.05) is 0 Å². The summed E-state index contributed by atoms with van der Waals surface area (Å²) >= 11 is 0. The number of hydrogen-bond acceptors (Lipinski definition) is 0. The molecule has 0 saturated carbocycles. The van der Waals surface area contributed by atoms with E-state index >= 15 is 0 Å². The van der Waals surface area contributed by atoms with Crippen LogP contribution in [0.15, 0.2) is 182 Å². The summed E-state index contributed by atoms with van der Waals surface area (Å²) < 4.78 is 0. The Morgan fingerprint density at radius 1 is 0.429 bits per heavy atom. The van der Waals surface area contributed by atoms with Crippen molar-refractivity contribution in [2.75, 3.05) is 6.16 Å². The number of rotatable bonds is 9. The number of hydrogen-bond donors (Lipinski definition) is 0. The summed E-state index contributed by atoms with van der Waals surface area (Å²) in [5.74, 6) is 0. The van der Waals surface area contributed by atoms with E-state index in [0.717, 1.165) is 6.16 Å². The van der Waals surface area contributed by atoms with E-state index in [-0.39, 0.29) is 0 Å². The summed E-state index contributed by atoms with van der Waals surface area (Å²) in [4.78, 5) is 0. The molecule has 6 aromatic rings. The molecule has 0 amide bonds. The summed E-state index contributed by atoms with van der Waals surface area (Å²) in [7, 11) is -1.30. The Hall–Kier alpha value is -3.52. The van der Waals surface area contributed by atoms with E-state index in [4.69, 9.17) is 0 Å². The molecule has 0 N–H and O–H groups in total. The second kappa shape index (κ2) is 13.6. The maximum absolute atomic E-state index is 2.42. The zero-order chi connectivity index (χ0) is 28.6. The summed E-state index contributed by atoms with van der Waals surface area (Å²) in [5.41, 5.74) is 1.37. The van der Waals surface area contributed by atoms with Crippen molar-refractivity contribution in [1.82, 2.24) is 0 Å². The average Bonchev–Trinajstić information content (AvgIpc) is 3.09. The van der Waals surface area contributed by atoms with Crippen molar-refractivity contribution >= 4 is 53.7 Å². The molecule has 0 bridgehead atoms. The first-order chi connectivity index (χ1) is 20.8. The van der Waals surface area contributed by atoms with Crippen LogP contribution in [0.3, 0.4) is 0 Å². The molecule has 42 heavy (non-hydrogen) atoms. The van der Waals surface area contributed by atoms with E-state index in [0.29, 0.717) is 0 Å². The average molecular weight is 597 g/mol. The first-order valence-corrected chi connectivity index (χ1v) is 19.9. The quantitative estimate of drug-likeness (QED) is 0.147. The Balaban J connectivity index is 1.85. The van der Waals surface area contributed by atoms with Crippen LogP contribution in [-0.2, 0) is 0 Å². The Labute approximate surface area is 253 Å². The lowest BCUT2D eigenvalue weighted by molar-refractivity contribution is 1.52. The summed E-state index contributed by atoms with van der Waals surface area (Å²) in [6.07, 6.45) is 1.10. The van der Waals surface area contributed by atoms with Gasteiger partial charge in [0.15, 0.2) is 0 Å². The van der Waals surface area contributed by atoms with Crippen LogP contribution in [0.5, 0.6) is 0 Å². The third-order valence-electron chi connectivity index (χ3n) is 7.57. The lowest BCUT2D eigenvalue weighted by Crippen LogP contribution is -2.31. The molecule has 0 radical (unpaired) electrons. The molecule has 0 nitrogen and oxygen atoms in total. The monoisotopic (exact) mass is 596 g/mol. The Kier molecular flexibility index (Phi) is 9.28. The first-order valence-electron chi connectivity index (χ1n) is 14.5. The Morgan fingerprint density at radius 2 is 0.738 bits per heavy atom. The van der Waals surface area contributed by atoms with Gasteiger partial charge in [0, 0.05) is 0 Å². The second-order valence-corrected chi connectivity index (χ2v) is 19.9. The summed E-state index contributed by atoms with van der Waals surface area (Å²) in [5, 5.41) is 8.78. The molecule has 0 aromatic heterocycles. The highest BCUT2D eigenvalue weighted by atomic mass is 32.1. The number of benzene rings is 6. The molecule has 6 aromatic carbocycles. The lowest BCUT2D eigenvalue weighted by atomic mass is 10.2. The smallest absolute Gasteiger partial charge is 0.00180 e. The molecule has 0 aliphatic rings. The predicted molar refractivity (Wildman–Crippen MR) is 192 cm³/mol. The SMILES string of the molecule is CCP(C(c1ccccc1)=P(c1ccccc1)(c1ccccc1)c1ccccc1)P(c1ccccc1)c1ccccc1. The fourth-order valence-electron chi connectivity index (χ4n) is 5.82. The first kappa shape index (κ1) is 28.6. The minimum atomic E-state index is -2.29. The van der Waals surface area contributed by atoms with Crippen molar-refractivity contribution in [1.29, 1.82) is 0 Å².